The summed E-state index contributed by atoms with van der Waals surface area (Å²) in [7, 11) is 1.66. The van der Waals surface area contributed by atoms with Gasteiger partial charge in [0.25, 0.3) is 0 Å². The van der Waals surface area contributed by atoms with E-state index in [0.717, 1.165) is 24.8 Å². The van der Waals surface area contributed by atoms with Gasteiger partial charge >= 0.3 is 6.03 Å². The van der Waals surface area contributed by atoms with Gasteiger partial charge in [-0.25, -0.2) is 4.79 Å². The molecule has 2 aliphatic rings. The van der Waals surface area contributed by atoms with Gasteiger partial charge in [0.1, 0.15) is 0 Å². The van der Waals surface area contributed by atoms with Crippen LogP contribution in [0, 0.1) is 0 Å². The molecule has 1 fully saturated rings. The molecule has 1 aromatic rings. The quantitative estimate of drug-likeness (QED) is 0.875. The average molecular weight is 366 g/mol. The Morgan fingerprint density at radius 2 is 2.12 bits per heavy atom. The molecular weight excluding hydrogens is 340 g/mol. The molecule has 3 heterocycles. The van der Waals surface area contributed by atoms with Gasteiger partial charge in [0.15, 0.2) is 5.17 Å². The third-order valence-electron chi connectivity index (χ3n) is 4.21. The maximum atomic E-state index is 12.4. The normalized spacial score (nSPS) is 19.9. The van der Waals surface area contributed by atoms with E-state index in [-0.39, 0.29) is 10.8 Å². The Morgan fingerprint density at radius 1 is 1.36 bits per heavy atom. The SMILES string of the molecule is COCCn1cc(NC(=O)N2CCN(C3=NCC(C)(C)S3)CC2)cn1. The Kier molecular flexibility index (Phi) is 5.53. The maximum absolute atomic E-state index is 12.4. The lowest BCUT2D eigenvalue weighted by atomic mass is 10.2. The number of amidine groups is 1. The van der Waals surface area contributed by atoms with Crippen LogP contribution in [0.4, 0.5) is 10.5 Å². The van der Waals surface area contributed by atoms with Crippen molar-refractivity contribution in [1.29, 1.82) is 0 Å². The molecule has 0 saturated carbocycles. The summed E-state index contributed by atoms with van der Waals surface area (Å²) >= 11 is 1.83. The molecule has 1 aromatic heterocycles. The Balaban J connectivity index is 1.46. The zero-order valence-corrected chi connectivity index (χ0v) is 15.9. The van der Waals surface area contributed by atoms with Gasteiger partial charge in [-0.3, -0.25) is 9.67 Å². The van der Waals surface area contributed by atoms with Crippen LogP contribution in [-0.2, 0) is 11.3 Å². The van der Waals surface area contributed by atoms with Crippen LogP contribution in [0.5, 0.6) is 0 Å². The number of methoxy groups -OCH3 is 1. The molecule has 2 aliphatic heterocycles. The van der Waals surface area contributed by atoms with Crippen molar-refractivity contribution in [1.82, 2.24) is 19.6 Å². The topological polar surface area (TPSA) is 75.0 Å². The fourth-order valence-electron chi connectivity index (χ4n) is 2.77. The third-order valence-corrected chi connectivity index (χ3v) is 5.46. The van der Waals surface area contributed by atoms with E-state index in [1.807, 2.05) is 22.9 Å². The number of thioether (sulfide) groups is 1. The van der Waals surface area contributed by atoms with Gasteiger partial charge in [-0.15, -0.1) is 0 Å². The second-order valence-electron chi connectivity index (χ2n) is 6.85. The molecule has 3 rings (SSSR count). The molecule has 1 saturated heterocycles. The molecular formula is C16H26N6O2S. The van der Waals surface area contributed by atoms with Gasteiger partial charge in [0.2, 0.25) is 0 Å². The van der Waals surface area contributed by atoms with Crippen LogP contribution in [0.15, 0.2) is 17.4 Å². The number of nitrogens with zero attached hydrogens (tertiary/aromatic N) is 5. The Morgan fingerprint density at radius 3 is 2.76 bits per heavy atom. The van der Waals surface area contributed by atoms with E-state index in [9.17, 15) is 4.79 Å². The summed E-state index contributed by atoms with van der Waals surface area (Å²) in [5.41, 5.74) is 0.709. The second kappa shape index (κ2) is 7.65. The summed E-state index contributed by atoms with van der Waals surface area (Å²) < 4.78 is 6.97. The minimum Gasteiger partial charge on any atom is -0.383 e. The molecule has 0 atom stereocenters. The Hall–Kier alpha value is -1.74. The molecule has 25 heavy (non-hydrogen) atoms. The second-order valence-corrected chi connectivity index (χ2v) is 8.52. The smallest absolute Gasteiger partial charge is 0.322 e. The zero-order valence-electron chi connectivity index (χ0n) is 15.1. The molecule has 1 N–H and O–H groups in total. The minimum atomic E-state index is -0.0766. The number of rotatable bonds is 4. The first kappa shape index (κ1) is 18.1. The number of urea groups is 1. The van der Waals surface area contributed by atoms with Crippen LogP contribution in [-0.4, -0.2) is 82.0 Å². The lowest BCUT2D eigenvalue weighted by Crippen LogP contribution is -2.51. The number of nitrogens with one attached hydrogen (secondary N) is 1. The number of piperazine rings is 1. The van der Waals surface area contributed by atoms with E-state index in [2.05, 4.69) is 34.2 Å². The van der Waals surface area contributed by atoms with E-state index in [1.54, 1.807) is 18.0 Å². The van der Waals surface area contributed by atoms with Gasteiger partial charge in [0.05, 0.1) is 31.6 Å². The van der Waals surface area contributed by atoms with E-state index in [4.69, 9.17) is 4.74 Å². The lowest BCUT2D eigenvalue weighted by Gasteiger charge is -2.35. The van der Waals surface area contributed by atoms with Crippen LogP contribution in [0.25, 0.3) is 0 Å². The first-order valence-corrected chi connectivity index (χ1v) is 9.34. The zero-order chi connectivity index (χ0) is 17.9. The Bertz CT molecular complexity index is 636. The van der Waals surface area contributed by atoms with Gasteiger partial charge in [-0.2, -0.15) is 5.10 Å². The molecule has 0 spiro atoms. The fraction of sp³-hybridized carbons (Fsp3) is 0.688. The summed E-state index contributed by atoms with van der Waals surface area (Å²) in [6.45, 7) is 9.59. The fourth-order valence-corrected chi connectivity index (χ4v) is 3.84. The first-order valence-electron chi connectivity index (χ1n) is 8.52. The highest BCUT2D eigenvalue weighted by Gasteiger charge is 2.32. The number of hydrogen-bond acceptors (Lipinski definition) is 6. The molecule has 0 aromatic carbocycles. The number of aliphatic imine (C=N–C) groups is 1. The van der Waals surface area contributed by atoms with Crippen molar-refractivity contribution in [3.63, 3.8) is 0 Å². The van der Waals surface area contributed by atoms with Crippen LogP contribution in [0.1, 0.15) is 13.8 Å². The van der Waals surface area contributed by atoms with Gasteiger partial charge in [-0.1, -0.05) is 11.8 Å². The predicted octanol–water partition coefficient (Wildman–Crippen LogP) is 1.56. The minimum absolute atomic E-state index is 0.0766. The van der Waals surface area contributed by atoms with Crippen molar-refractivity contribution in [2.75, 3.05) is 51.8 Å². The van der Waals surface area contributed by atoms with Gasteiger partial charge in [-0.05, 0) is 13.8 Å². The first-order chi connectivity index (χ1) is 12.0. The summed E-state index contributed by atoms with van der Waals surface area (Å²) in [6.07, 6.45) is 3.48. The van der Waals surface area contributed by atoms with Crippen LogP contribution in [0.2, 0.25) is 0 Å². The monoisotopic (exact) mass is 366 g/mol. The molecule has 8 nitrogen and oxygen atoms in total. The highest BCUT2D eigenvalue weighted by Crippen LogP contribution is 2.33. The third kappa shape index (κ3) is 4.66. The van der Waals surface area contributed by atoms with Crippen LogP contribution in [0.3, 0.4) is 0 Å². The highest BCUT2D eigenvalue weighted by atomic mass is 32.2. The highest BCUT2D eigenvalue weighted by molar-refractivity contribution is 8.15. The number of amides is 2. The summed E-state index contributed by atoms with van der Waals surface area (Å²) in [4.78, 5) is 21.2. The lowest BCUT2D eigenvalue weighted by molar-refractivity contribution is 0.182. The number of ether oxygens (including phenoxy) is 1. The number of carbonyl (C=O) groups is 1. The number of carbonyl (C=O) groups excluding carboxylic acids is 1. The van der Waals surface area contributed by atoms with E-state index in [0.29, 0.717) is 31.9 Å². The van der Waals surface area contributed by atoms with E-state index < -0.39 is 0 Å². The maximum Gasteiger partial charge on any atom is 0.322 e. The molecule has 0 unspecified atom stereocenters. The van der Waals surface area contributed by atoms with E-state index >= 15 is 0 Å². The van der Waals surface area contributed by atoms with Crippen LogP contribution >= 0.6 is 11.8 Å². The molecule has 9 heteroatoms. The number of aromatic nitrogens is 2. The van der Waals surface area contributed by atoms with Crippen molar-refractivity contribution in [3.05, 3.63) is 12.4 Å². The predicted molar refractivity (Wildman–Crippen MR) is 100 cm³/mol. The van der Waals surface area contributed by atoms with Crippen molar-refractivity contribution in [3.8, 4) is 0 Å². The molecule has 0 bridgehead atoms. The number of anilines is 1. The largest absolute Gasteiger partial charge is 0.383 e. The van der Waals surface area contributed by atoms with Crippen LogP contribution < -0.4 is 5.32 Å². The van der Waals surface area contributed by atoms with Crippen molar-refractivity contribution >= 4 is 28.6 Å². The summed E-state index contributed by atoms with van der Waals surface area (Å²) in [5.74, 6) is 0. The summed E-state index contributed by atoms with van der Waals surface area (Å²) in [6, 6.07) is -0.0766. The van der Waals surface area contributed by atoms with Gasteiger partial charge < -0.3 is 19.9 Å². The van der Waals surface area contributed by atoms with Gasteiger partial charge in [0, 0.05) is 44.2 Å². The Labute approximate surface area is 152 Å². The molecule has 138 valence electrons. The standard InChI is InChI=1S/C16H26N6O2S/c1-16(2)12-17-15(25-16)21-6-4-20(5-7-21)14(23)19-13-10-18-22(11-13)8-9-24-3/h10-11H,4-9,12H2,1-3H3,(H,19,23). The van der Waals surface area contributed by atoms with E-state index in [1.165, 1.54) is 0 Å². The van der Waals surface area contributed by atoms with Crippen molar-refractivity contribution in [2.45, 2.75) is 25.1 Å². The summed E-state index contributed by atoms with van der Waals surface area (Å²) in [5, 5.41) is 8.24. The molecule has 0 aliphatic carbocycles. The number of hydrogen-bond donors (Lipinski definition) is 1. The molecule has 2 amide bonds. The van der Waals surface area contributed by atoms with Crippen molar-refractivity contribution < 1.29 is 9.53 Å². The molecule has 0 radical (unpaired) electrons. The van der Waals surface area contributed by atoms with Crippen molar-refractivity contribution in [2.24, 2.45) is 4.99 Å². The average Bonchev–Trinajstić information content (AvgIpc) is 3.19.